The van der Waals surface area contributed by atoms with Crippen LogP contribution in [-0.2, 0) is 14.8 Å². The first-order chi connectivity index (χ1) is 10.5. The van der Waals surface area contributed by atoms with Crippen molar-refractivity contribution in [3.63, 3.8) is 0 Å². The molecule has 0 spiro atoms. The molecule has 0 aromatic heterocycles. The van der Waals surface area contributed by atoms with Gasteiger partial charge in [-0.15, -0.1) is 0 Å². The van der Waals surface area contributed by atoms with Crippen molar-refractivity contribution in [2.24, 2.45) is 0 Å². The van der Waals surface area contributed by atoms with Gasteiger partial charge in [0.1, 0.15) is 13.2 Å². The summed E-state index contributed by atoms with van der Waals surface area (Å²) in [5.41, 5.74) is -0.518. The molecule has 0 atom stereocenters. The maximum atomic E-state index is 12.7. The lowest BCUT2D eigenvalue weighted by molar-refractivity contribution is -0.388. The first-order valence-corrected chi connectivity index (χ1v) is 8.10. The minimum atomic E-state index is -4.00. The fraction of sp³-hybridized carbons (Fsp3) is 0.500. The summed E-state index contributed by atoms with van der Waals surface area (Å²) in [5.74, 6) is 0.377. The summed E-state index contributed by atoms with van der Waals surface area (Å²) in [5, 5.41) is 11.2. The Morgan fingerprint density at radius 3 is 2.23 bits per heavy atom. The van der Waals surface area contributed by atoms with E-state index in [2.05, 4.69) is 0 Å². The van der Waals surface area contributed by atoms with Crippen LogP contribution in [0, 0.1) is 10.1 Å². The van der Waals surface area contributed by atoms with Crippen LogP contribution in [0.25, 0.3) is 0 Å². The van der Waals surface area contributed by atoms with Crippen LogP contribution in [0.1, 0.15) is 0 Å². The molecule has 0 aliphatic carbocycles. The van der Waals surface area contributed by atoms with Crippen molar-refractivity contribution in [1.82, 2.24) is 4.31 Å². The summed E-state index contributed by atoms with van der Waals surface area (Å²) in [6.45, 7) is 1.37. The molecular formula is C12H14N2O7S. The van der Waals surface area contributed by atoms with Gasteiger partial charge < -0.3 is 14.2 Å². The number of nitro groups is 1. The third-order valence-corrected chi connectivity index (χ3v) is 5.34. The maximum Gasteiger partial charge on any atom is 0.293 e. The number of hydrogen-bond donors (Lipinski definition) is 0. The molecule has 120 valence electrons. The Morgan fingerprint density at radius 1 is 1.05 bits per heavy atom. The molecule has 0 bridgehead atoms. The molecule has 2 aliphatic heterocycles. The van der Waals surface area contributed by atoms with Crippen LogP contribution >= 0.6 is 0 Å². The van der Waals surface area contributed by atoms with E-state index in [1.807, 2.05) is 0 Å². The lowest BCUT2D eigenvalue weighted by Crippen LogP contribution is -2.40. The molecule has 2 heterocycles. The first-order valence-electron chi connectivity index (χ1n) is 6.66. The minimum Gasteiger partial charge on any atom is -0.486 e. The zero-order valence-corrected chi connectivity index (χ0v) is 12.4. The molecule has 0 unspecified atom stereocenters. The van der Waals surface area contributed by atoms with Crippen LogP contribution in [-0.4, -0.2) is 57.2 Å². The number of rotatable bonds is 3. The fourth-order valence-corrected chi connectivity index (χ4v) is 3.90. The Morgan fingerprint density at radius 2 is 1.64 bits per heavy atom. The van der Waals surface area contributed by atoms with E-state index >= 15 is 0 Å². The van der Waals surface area contributed by atoms with E-state index in [0.717, 1.165) is 12.1 Å². The minimum absolute atomic E-state index is 0.161. The van der Waals surface area contributed by atoms with Gasteiger partial charge in [-0.2, -0.15) is 4.31 Å². The number of sulfonamides is 1. The Balaban J connectivity index is 2.09. The molecule has 1 saturated heterocycles. The van der Waals surface area contributed by atoms with Gasteiger partial charge >= 0.3 is 0 Å². The lowest BCUT2D eigenvalue weighted by atomic mass is 10.2. The standard InChI is InChI=1S/C12H14N2O7S/c15-14(16)9-7-10-11(21-6-5-20-10)8-12(9)22(17,18)13-1-3-19-4-2-13/h7-8H,1-6H2. The van der Waals surface area contributed by atoms with Crippen LogP contribution in [0.5, 0.6) is 11.5 Å². The predicted molar refractivity (Wildman–Crippen MR) is 73.7 cm³/mol. The number of ether oxygens (including phenoxy) is 3. The van der Waals surface area contributed by atoms with E-state index in [0.29, 0.717) is 0 Å². The van der Waals surface area contributed by atoms with Crippen LogP contribution < -0.4 is 9.47 Å². The van der Waals surface area contributed by atoms with Gasteiger partial charge in [-0.25, -0.2) is 8.42 Å². The van der Waals surface area contributed by atoms with Crippen molar-refractivity contribution < 1.29 is 27.6 Å². The van der Waals surface area contributed by atoms with Crippen molar-refractivity contribution in [2.75, 3.05) is 39.5 Å². The van der Waals surface area contributed by atoms with Gasteiger partial charge in [0, 0.05) is 19.2 Å². The number of hydrogen-bond acceptors (Lipinski definition) is 7. The largest absolute Gasteiger partial charge is 0.486 e. The number of morpholine rings is 1. The SMILES string of the molecule is O=[N+]([O-])c1cc2c(cc1S(=O)(=O)N1CCOCC1)OCCO2. The van der Waals surface area contributed by atoms with Gasteiger partial charge in [-0.05, 0) is 0 Å². The summed E-state index contributed by atoms with van der Waals surface area (Å²) in [7, 11) is -4.00. The second-order valence-corrected chi connectivity index (χ2v) is 6.64. The topological polar surface area (TPSA) is 108 Å². The van der Waals surface area contributed by atoms with Crippen molar-refractivity contribution in [3.8, 4) is 11.5 Å². The number of fused-ring (bicyclic) bond motifs is 1. The second-order valence-electron chi connectivity index (χ2n) is 4.74. The van der Waals surface area contributed by atoms with E-state index in [1.54, 1.807) is 0 Å². The molecule has 3 rings (SSSR count). The van der Waals surface area contributed by atoms with Gasteiger partial charge in [-0.3, -0.25) is 10.1 Å². The van der Waals surface area contributed by atoms with E-state index in [-0.39, 0.29) is 55.9 Å². The summed E-state index contributed by atoms with van der Waals surface area (Å²) in [6, 6.07) is 2.26. The van der Waals surface area contributed by atoms with Crippen molar-refractivity contribution >= 4 is 15.7 Å². The van der Waals surface area contributed by atoms with Gasteiger partial charge in [0.15, 0.2) is 16.4 Å². The Labute approximate surface area is 126 Å². The van der Waals surface area contributed by atoms with Crippen LogP contribution in [0.2, 0.25) is 0 Å². The molecule has 22 heavy (non-hydrogen) atoms. The summed E-state index contributed by atoms with van der Waals surface area (Å²) >= 11 is 0. The number of nitrogens with zero attached hydrogens (tertiary/aromatic N) is 2. The quantitative estimate of drug-likeness (QED) is 0.582. The molecule has 1 fully saturated rings. The van der Waals surface area contributed by atoms with E-state index in [1.165, 1.54) is 4.31 Å². The second kappa shape index (κ2) is 5.71. The molecular weight excluding hydrogens is 316 g/mol. The molecule has 1 aromatic carbocycles. The molecule has 10 heteroatoms. The molecule has 2 aliphatic rings. The summed E-state index contributed by atoms with van der Waals surface area (Å²) in [4.78, 5) is 10.1. The van der Waals surface area contributed by atoms with Gasteiger partial charge in [-0.1, -0.05) is 0 Å². The fourth-order valence-electron chi connectivity index (χ4n) is 2.33. The average molecular weight is 330 g/mol. The molecule has 9 nitrogen and oxygen atoms in total. The van der Waals surface area contributed by atoms with E-state index in [9.17, 15) is 18.5 Å². The third-order valence-electron chi connectivity index (χ3n) is 3.41. The van der Waals surface area contributed by atoms with Gasteiger partial charge in [0.2, 0.25) is 10.0 Å². The normalized spacial score (nSPS) is 18.9. The number of nitro benzene ring substituents is 1. The third kappa shape index (κ3) is 2.60. The van der Waals surface area contributed by atoms with Crippen LogP contribution in [0.3, 0.4) is 0 Å². The highest BCUT2D eigenvalue weighted by Gasteiger charge is 2.35. The highest BCUT2D eigenvalue weighted by molar-refractivity contribution is 7.89. The highest BCUT2D eigenvalue weighted by Crippen LogP contribution is 2.39. The van der Waals surface area contributed by atoms with Gasteiger partial charge in [0.25, 0.3) is 5.69 Å². The van der Waals surface area contributed by atoms with Crippen molar-refractivity contribution in [1.29, 1.82) is 0 Å². The summed E-state index contributed by atoms with van der Waals surface area (Å²) < 4.78 is 42.2. The molecule has 0 saturated carbocycles. The summed E-state index contributed by atoms with van der Waals surface area (Å²) in [6.07, 6.45) is 0. The Bertz CT molecular complexity index is 698. The first kappa shape index (κ1) is 15.0. The van der Waals surface area contributed by atoms with Gasteiger partial charge in [0.05, 0.1) is 24.2 Å². The maximum absolute atomic E-state index is 12.7. The van der Waals surface area contributed by atoms with Crippen molar-refractivity contribution in [3.05, 3.63) is 22.2 Å². The molecule has 0 amide bonds. The Kier molecular flexibility index (Phi) is 3.89. The average Bonchev–Trinajstić information content (AvgIpc) is 2.54. The smallest absolute Gasteiger partial charge is 0.293 e. The van der Waals surface area contributed by atoms with Crippen molar-refractivity contribution in [2.45, 2.75) is 4.90 Å². The zero-order valence-electron chi connectivity index (χ0n) is 11.6. The number of benzene rings is 1. The zero-order chi connectivity index (χ0) is 15.7. The molecule has 0 N–H and O–H groups in total. The lowest BCUT2D eigenvalue weighted by Gasteiger charge is -2.26. The van der Waals surface area contributed by atoms with Crippen LogP contribution in [0.15, 0.2) is 17.0 Å². The predicted octanol–water partition coefficient (Wildman–Crippen LogP) is 0.387. The highest BCUT2D eigenvalue weighted by atomic mass is 32.2. The molecule has 0 radical (unpaired) electrons. The monoisotopic (exact) mass is 330 g/mol. The van der Waals surface area contributed by atoms with E-state index in [4.69, 9.17) is 14.2 Å². The van der Waals surface area contributed by atoms with E-state index < -0.39 is 20.6 Å². The Hall–Kier alpha value is -1.91. The molecule has 1 aromatic rings. The van der Waals surface area contributed by atoms with Crippen LogP contribution in [0.4, 0.5) is 5.69 Å².